The van der Waals surface area contributed by atoms with E-state index in [1.54, 1.807) is 12.1 Å². The van der Waals surface area contributed by atoms with Gasteiger partial charge >= 0.3 is 6.09 Å². The van der Waals surface area contributed by atoms with Gasteiger partial charge in [0.1, 0.15) is 11.9 Å². The quantitative estimate of drug-likeness (QED) is 0.104. The molecule has 4 heterocycles. The summed E-state index contributed by atoms with van der Waals surface area (Å²) in [6.07, 6.45) is 2.41. The van der Waals surface area contributed by atoms with Crippen LogP contribution in [0.2, 0.25) is 0 Å². The van der Waals surface area contributed by atoms with E-state index in [-0.39, 0.29) is 17.4 Å². The molecule has 0 radical (unpaired) electrons. The summed E-state index contributed by atoms with van der Waals surface area (Å²) >= 11 is 0. The van der Waals surface area contributed by atoms with Crippen LogP contribution < -0.4 is 16.2 Å². The predicted octanol–water partition coefficient (Wildman–Crippen LogP) is 6.04. The second-order valence-corrected chi connectivity index (χ2v) is 14.2. The van der Waals surface area contributed by atoms with Crippen LogP contribution in [0.1, 0.15) is 48.7 Å². The number of amides is 1. The topological polar surface area (TPSA) is 143 Å². The molecule has 0 bridgehead atoms. The number of aromatic nitrogens is 2. The Morgan fingerprint density at radius 1 is 0.830 bits per heavy atom. The molecule has 1 unspecified atom stereocenters. The number of hydrogen-bond acceptors (Lipinski definition) is 9. The molecule has 11 nitrogen and oxygen atoms in total. The molecule has 0 aliphatic carbocycles. The molecule has 11 heteroatoms. The van der Waals surface area contributed by atoms with Crippen molar-refractivity contribution in [2.75, 3.05) is 44.6 Å². The number of hydrogen-bond donors (Lipinski definition) is 5. The van der Waals surface area contributed by atoms with E-state index < -0.39 is 12.2 Å². The second-order valence-electron chi connectivity index (χ2n) is 14.2. The van der Waals surface area contributed by atoms with Crippen LogP contribution in [-0.4, -0.2) is 81.4 Å². The smallest absolute Gasteiger partial charge is 0.411 e. The number of carbonyl (C=O) groups is 1. The summed E-state index contributed by atoms with van der Waals surface area (Å²) < 4.78 is 5.84. The lowest BCUT2D eigenvalue weighted by atomic mass is 9.96. The SMILES string of the molecule is O=C(Nc1ccccc1-c1ccccc1)OC1CCN(Cc2cccc(CN3CCC(CNCC(O)c4ccc(O)c5[nH]c(=O)ccc45)CC3)n2)CC1. The largest absolute Gasteiger partial charge is 0.506 e. The first-order valence-electron chi connectivity index (χ1n) is 18.6. The van der Waals surface area contributed by atoms with Crippen molar-refractivity contribution < 1.29 is 19.7 Å². The maximum atomic E-state index is 12.8. The summed E-state index contributed by atoms with van der Waals surface area (Å²) in [7, 11) is 0. The van der Waals surface area contributed by atoms with Gasteiger partial charge in [-0.25, -0.2) is 4.79 Å². The Labute approximate surface area is 309 Å². The number of aromatic hydroxyl groups is 1. The number of aromatic amines is 1. The number of phenolic OH excluding ortho intramolecular Hbond substituents is 1. The molecule has 1 atom stereocenters. The van der Waals surface area contributed by atoms with Gasteiger partial charge in [0, 0.05) is 49.7 Å². The first-order valence-corrected chi connectivity index (χ1v) is 18.6. The van der Waals surface area contributed by atoms with Crippen molar-refractivity contribution in [3.8, 4) is 16.9 Å². The summed E-state index contributed by atoms with van der Waals surface area (Å²) in [6, 6.07) is 30.4. The molecule has 2 saturated heterocycles. The Bertz CT molecular complexity index is 2040. The fraction of sp³-hybridized carbons (Fsp3) is 0.357. The first kappa shape index (κ1) is 36.3. The van der Waals surface area contributed by atoms with E-state index in [9.17, 15) is 19.8 Å². The van der Waals surface area contributed by atoms with Crippen LogP contribution in [-0.2, 0) is 17.8 Å². The Hall–Kier alpha value is -5.07. The van der Waals surface area contributed by atoms with Gasteiger partial charge < -0.3 is 25.3 Å². The fourth-order valence-electron chi connectivity index (χ4n) is 7.53. The van der Waals surface area contributed by atoms with E-state index in [4.69, 9.17) is 9.72 Å². The van der Waals surface area contributed by atoms with Crippen molar-refractivity contribution in [3.05, 3.63) is 124 Å². The van der Waals surface area contributed by atoms with Crippen LogP contribution >= 0.6 is 0 Å². The number of para-hydroxylation sites is 1. The van der Waals surface area contributed by atoms with E-state index in [2.05, 4.69) is 43.6 Å². The monoisotopic (exact) mass is 716 g/mol. The predicted molar refractivity (Wildman–Crippen MR) is 207 cm³/mol. The Morgan fingerprint density at radius 3 is 2.25 bits per heavy atom. The van der Waals surface area contributed by atoms with Gasteiger partial charge in [-0.3, -0.25) is 24.9 Å². The molecule has 0 spiro atoms. The highest BCUT2D eigenvalue weighted by Crippen LogP contribution is 2.30. The van der Waals surface area contributed by atoms with Crippen LogP contribution in [0.3, 0.4) is 0 Å². The van der Waals surface area contributed by atoms with Crippen LogP contribution in [0.15, 0.2) is 102 Å². The highest BCUT2D eigenvalue weighted by Gasteiger charge is 2.24. The normalized spacial score (nSPS) is 16.8. The Kier molecular flexibility index (Phi) is 11.8. The number of fused-ring (bicyclic) bond motifs is 1. The molecule has 2 aliphatic rings. The van der Waals surface area contributed by atoms with Crippen molar-refractivity contribution in [3.63, 3.8) is 0 Å². The average molecular weight is 717 g/mol. The number of aliphatic hydroxyl groups excluding tert-OH is 1. The molecular weight excluding hydrogens is 668 g/mol. The van der Waals surface area contributed by atoms with Crippen molar-refractivity contribution in [2.45, 2.75) is 51.0 Å². The number of H-pyrrole nitrogens is 1. The minimum absolute atomic E-state index is 0.0112. The number of ether oxygens (including phenoxy) is 1. The van der Waals surface area contributed by atoms with E-state index in [1.165, 1.54) is 12.1 Å². The van der Waals surface area contributed by atoms with Crippen molar-refractivity contribution >= 4 is 22.7 Å². The third-order valence-electron chi connectivity index (χ3n) is 10.4. The van der Waals surface area contributed by atoms with Crippen LogP contribution in [0.5, 0.6) is 5.75 Å². The lowest BCUT2D eigenvalue weighted by Gasteiger charge is -2.32. The molecule has 0 saturated carbocycles. The summed E-state index contributed by atoms with van der Waals surface area (Å²) in [5.41, 5.74) is 5.60. The van der Waals surface area contributed by atoms with Gasteiger partial charge in [-0.2, -0.15) is 0 Å². The fourth-order valence-corrected chi connectivity index (χ4v) is 7.53. The lowest BCUT2D eigenvalue weighted by molar-refractivity contribution is 0.0563. The Balaban J connectivity index is 0.813. The summed E-state index contributed by atoms with van der Waals surface area (Å²) in [6.45, 7) is 6.48. The molecule has 5 N–H and O–H groups in total. The zero-order chi connectivity index (χ0) is 36.6. The highest BCUT2D eigenvalue weighted by atomic mass is 16.6. The van der Waals surface area contributed by atoms with Gasteiger partial charge in [-0.15, -0.1) is 0 Å². The van der Waals surface area contributed by atoms with Gasteiger partial charge in [0.05, 0.1) is 28.7 Å². The number of aliphatic hydroxyl groups is 1. The maximum Gasteiger partial charge on any atom is 0.411 e. The van der Waals surface area contributed by atoms with Gasteiger partial charge in [0.25, 0.3) is 0 Å². The number of piperidine rings is 2. The third-order valence-corrected chi connectivity index (χ3v) is 10.4. The van der Waals surface area contributed by atoms with E-state index >= 15 is 0 Å². The first-order chi connectivity index (χ1) is 25.9. The molecule has 7 rings (SSSR count). The second kappa shape index (κ2) is 17.2. The number of nitrogens with one attached hydrogen (secondary N) is 3. The molecule has 1 amide bonds. The van der Waals surface area contributed by atoms with Gasteiger partial charge in [-0.05, 0) is 92.7 Å². The summed E-state index contributed by atoms with van der Waals surface area (Å²) in [5.74, 6) is 0.511. The standard InChI is InChI=1S/C42H48N6O5/c49-38-15-13-35(36-14-16-40(51)46-41(36)38)39(50)26-43-25-29-17-21-47(22-18-29)27-31-9-6-10-32(44-31)28-48-23-19-33(20-24-48)53-42(52)45-37-12-5-4-11-34(37)30-7-2-1-3-8-30/h1-16,29,33,39,43,49-50H,17-28H2,(H,45,52)(H,46,51). The minimum Gasteiger partial charge on any atom is -0.506 e. The maximum absolute atomic E-state index is 12.8. The zero-order valence-corrected chi connectivity index (χ0v) is 29.9. The van der Waals surface area contributed by atoms with E-state index in [0.29, 0.717) is 28.9 Å². The molecule has 276 valence electrons. The molecule has 2 aliphatic heterocycles. The van der Waals surface area contributed by atoms with Crippen LogP contribution in [0.4, 0.5) is 10.5 Å². The number of phenols is 1. The summed E-state index contributed by atoms with van der Waals surface area (Å²) in [5, 5.41) is 28.1. The molecular formula is C42H48N6O5. The van der Waals surface area contributed by atoms with Crippen molar-refractivity contribution in [2.24, 2.45) is 5.92 Å². The van der Waals surface area contributed by atoms with Crippen LogP contribution in [0, 0.1) is 5.92 Å². The third kappa shape index (κ3) is 9.49. The zero-order valence-electron chi connectivity index (χ0n) is 29.9. The number of rotatable bonds is 12. The summed E-state index contributed by atoms with van der Waals surface area (Å²) in [4.78, 5) is 37.1. The molecule has 5 aromatic rings. The average Bonchev–Trinajstić information content (AvgIpc) is 3.17. The van der Waals surface area contributed by atoms with Gasteiger partial charge in [0.15, 0.2) is 0 Å². The molecule has 2 aromatic heterocycles. The number of carbonyl (C=O) groups excluding carboxylic acids is 1. The van der Waals surface area contributed by atoms with Crippen molar-refractivity contribution in [1.82, 2.24) is 25.1 Å². The number of anilines is 1. The van der Waals surface area contributed by atoms with Crippen LogP contribution in [0.25, 0.3) is 22.0 Å². The molecule has 53 heavy (non-hydrogen) atoms. The van der Waals surface area contributed by atoms with Gasteiger partial charge in [-0.1, -0.05) is 60.7 Å². The van der Waals surface area contributed by atoms with Gasteiger partial charge in [0.2, 0.25) is 5.56 Å². The van der Waals surface area contributed by atoms with Crippen molar-refractivity contribution in [1.29, 1.82) is 0 Å². The Morgan fingerprint density at radius 2 is 1.51 bits per heavy atom. The minimum atomic E-state index is -0.761. The number of nitrogens with zero attached hydrogens (tertiary/aromatic N) is 3. The number of likely N-dealkylation sites (tertiary alicyclic amines) is 2. The number of benzene rings is 3. The lowest BCUT2D eigenvalue weighted by Crippen LogP contribution is -2.38. The van der Waals surface area contributed by atoms with E-state index in [1.807, 2.05) is 54.6 Å². The molecule has 2 fully saturated rings. The van der Waals surface area contributed by atoms with E-state index in [0.717, 1.165) is 99.7 Å². The molecule has 3 aromatic carbocycles. The number of pyridine rings is 2. The highest BCUT2D eigenvalue weighted by molar-refractivity contribution is 5.91.